The highest BCUT2D eigenvalue weighted by Crippen LogP contribution is 2.24. The van der Waals surface area contributed by atoms with Gasteiger partial charge in [-0.25, -0.2) is 4.98 Å². The average Bonchev–Trinajstić information content (AvgIpc) is 2.78. The van der Waals surface area contributed by atoms with E-state index in [4.69, 9.17) is 9.72 Å². The minimum Gasteiger partial charge on any atom is -0.497 e. The number of ether oxygens (including phenoxy) is 1. The quantitative estimate of drug-likeness (QED) is 0.460. The summed E-state index contributed by atoms with van der Waals surface area (Å²) in [5.74, 6) is 1.06. The lowest BCUT2D eigenvalue weighted by atomic mass is 10.0. The third-order valence-electron chi connectivity index (χ3n) is 5.52. The predicted octanol–water partition coefficient (Wildman–Crippen LogP) is 3.89. The van der Waals surface area contributed by atoms with Crippen molar-refractivity contribution in [2.75, 3.05) is 19.4 Å². The number of fused-ring (bicyclic) bond motifs is 1. The van der Waals surface area contributed by atoms with E-state index in [2.05, 4.69) is 6.92 Å². The second kappa shape index (κ2) is 8.92. The van der Waals surface area contributed by atoms with Crippen molar-refractivity contribution >= 4 is 28.6 Å². The number of aromatic nitrogens is 2. The summed E-state index contributed by atoms with van der Waals surface area (Å²) >= 11 is 1.31. The van der Waals surface area contributed by atoms with Crippen molar-refractivity contribution in [1.82, 2.24) is 14.5 Å². The fourth-order valence-electron chi connectivity index (χ4n) is 3.85. The standard InChI is InChI=1S/C23H25N3O3S/c1-16-7-5-6-14-25(16)21(27)15-30-23-24-20-9-4-3-8-19(20)22(28)26(23)17-10-12-18(29-2)13-11-17/h3-4,8-13,16H,5-7,14-15H2,1-2H3/t16-/m0/s1. The first-order valence-corrected chi connectivity index (χ1v) is 11.2. The molecule has 2 heterocycles. The summed E-state index contributed by atoms with van der Waals surface area (Å²) in [4.78, 5) is 32.8. The number of nitrogens with zero attached hydrogens (tertiary/aromatic N) is 3. The summed E-state index contributed by atoms with van der Waals surface area (Å²) in [6.07, 6.45) is 3.26. The molecule has 7 heteroatoms. The fourth-order valence-corrected chi connectivity index (χ4v) is 4.74. The number of hydrogen-bond donors (Lipinski definition) is 0. The van der Waals surface area contributed by atoms with Crippen LogP contribution in [0.4, 0.5) is 0 Å². The molecule has 4 rings (SSSR count). The molecule has 0 saturated carbocycles. The van der Waals surface area contributed by atoms with Crippen LogP contribution in [0.2, 0.25) is 0 Å². The molecular weight excluding hydrogens is 398 g/mol. The Labute approximate surface area is 179 Å². The van der Waals surface area contributed by atoms with Crippen LogP contribution in [-0.2, 0) is 4.79 Å². The maximum Gasteiger partial charge on any atom is 0.266 e. The summed E-state index contributed by atoms with van der Waals surface area (Å²) in [6, 6.07) is 14.8. The molecule has 1 atom stereocenters. The van der Waals surface area contributed by atoms with E-state index < -0.39 is 0 Å². The largest absolute Gasteiger partial charge is 0.497 e. The molecule has 1 aromatic heterocycles. The van der Waals surface area contributed by atoms with E-state index in [9.17, 15) is 9.59 Å². The zero-order valence-corrected chi connectivity index (χ0v) is 18.0. The maximum atomic E-state index is 13.3. The molecule has 30 heavy (non-hydrogen) atoms. The van der Waals surface area contributed by atoms with Gasteiger partial charge < -0.3 is 9.64 Å². The van der Waals surface area contributed by atoms with E-state index in [-0.39, 0.29) is 23.3 Å². The molecule has 156 valence electrons. The lowest BCUT2D eigenvalue weighted by molar-refractivity contribution is -0.131. The third-order valence-corrected chi connectivity index (χ3v) is 6.45. The van der Waals surface area contributed by atoms with Gasteiger partial charge in [0.25, 0.3) is 5.56 Å². The minimum absolute atomic E-state index is 0.0934. The molecule has 0 spiro atoms. The summed E-state index contributed by atoms with van der Waals surface area (Å²) in [5, 5.41) is 1.07. The number of carbonyl (C=O) groups excluding carboxylic acids is 1. The lowest BCUT2D eigenvalue weighted by Gasteiger charge is -2.33. The van der Waals surface area contributed by atoms with Crippen molar-refractivity contribution in [3.63, 3.8) is 0 Å². The Morgan fingerprint density at radius 1 is 1.17 bits per heavy atom. The summed E-state index contributed by atoms with van der Waals surface area (Å²) in [6.45, 7) is 2.90. The Bertz CT molecular complexity index is 1110. The van der Waals surface area contributed by atoms with E-state index in [0.717, 1.165) is 19.4 Å². The summed E-state index contributed by atoms with van der Waals surface area (Å²) < 4.78 is 6.82. The first-order valence-electron chi connectivity index (χ1n) is 10.2. The van der Waals surface area contributed by atoms with Crippen molar-refractivity contribution in [2.24, 2.45) is 0 Å². The van der Waals surface area contributed by atoms with Crippen LogP contribution in [-0.4, -0.2) is 45.8 Å². The fraction of sp³-hybridized carbons (Fsp3) is 0.348. The van der Waals surface area contributed by atoms with E-state index in [1.165, 1.54) is 18.2 Å². The van der Waals surface area contributed by atoms with Crippen LogP contribution in [0.1, 0.15) is 26.2 Å². The van der Waals surface area contributed by atoms with Gasteiger partial charge in [-0.3, -0.25) is 14.2 Å². The highest BCUT2D eigenvalue weighted by Gasteiger charge is 2.24. The van der Waals surface area contributed by atoms with Gasteiger partial charge >= 0.3 is 0 Å². The van der Waals surface area contributed by atoms with E-state index >= 15 is 0 Å². The van der Waals surface area contributed by atoms with Gasteiger partial charge in [0.15, 0.2) is 5.16 Å². The number of hydrogen-bond acceptors (Lipinski definition) is 5. The molecule has 2 aromatic carbocycles. The first-order chi connectivity index (χ1) is 14.6. The lowest BCUT2D eigenvalue weighted by Crippen LogP contribution is -2.43. The van der Waals surface area contributed by atoms with Crippen molar-refractivity contribution in [2.45, 2.75) is 37.4 Å². The Hall–Kier alpha value is -2.80. The van der Waals surface area contributed by atoms with Crippen LogP contribution < -0.4 is 10.3 Å². The predicted molar refractivity (Wildman–Crippen MR) is 120 cm³/mol. The van der Waals surface area contributed by atoms with Crippen molar-refractivity contribution in [1.29, 1.82) is 0 Å². The van der Waals surface area contributed by atoms with Crippen molar-refractivity contribution < 1.29 is 9.53 Å². The second-order valence-corrected chi connectivity index (χ2v) is 8.41. The Balaban J connectivity index is 1.70. The van der Waals surface area contributed by atoms with Gasteiger partial charge in [0.1, 0.15) is 5.75 Å². The van der Waals surface area contributed by atoms with Crippen LogP contribution in [0.3, 0.4) is 0 Å². The number of likely N-dealkylation sites (tertiary alicyclic amines) is 1. The summed E-state index contributed by atoms with van der Waals surface area (Å²) in [5.41, 5.74) is 1.18. The van der Waals surface area contributed by atoms with Crippen LogP contribution in [0.25, 0.3) is 16.6 Å². The zero-order chi connectivity index (χ0) is 21.1. The first kappa shape index (κ1) is 20.5. The molecule has 1 aliphatic heterocycles. The van der Waals surface area contributed by atoms with Crippen molar-refractivity contribution in [3.8, 4) is 11.4 Å². The Morgan fingerprint density at radius 3 is 2.67 bits per heavy atom. The molecule has 3 aromatic rings. The second-order valence-electron chi connectivity index (χ2n) is 7.47. The molecule has 0 radical (unpaired) electrons. The third kappa shape index (κ3) is 4.07. The highest BCUT2D eigenvalue weighted by atomic mass is 32.2. The maximum absolute atomic E-state index is 13.3. The number of para-hydroxylation sites is 1. The van der Waals surface area contributed by atoms with E-state index in [1.54, 1.807) is 17.7 Å². The van der Waals surface area contributed by atoms with Gasteiger partial charge in [-0.15, -0.1) is 0 Å². The van der Waals surface area contributed by atoms with E-state index in [1.807, 2.05) is 47.4 Å². The number of benzene rings is 2. The number of carbonyl (C=O) groups is 1. The van der Waals surface area contributed by atoms with Gasteiger partial charge in [-0.2, -0.15) is 0 Å². The smallest absolute Gasteiger partial charge is 0.266 e. The molecule has 0 bridgehead atoms. The molecule has 1 amide bonds. The monoisotopic (exact) mass is 423 g/mol. The number of rotatable bonds is 5. The Morgan fingerprint density at radius 2 is 1.93 bits per heavy atom. The Kier molecular flexibility index (Phi) is 6.08. The summed E-state index contributed by atoms with van der Waals surface area (Å²) in [7, 11) is 1.60. The number of piperidine rings is 1. The highest BCUT2D eigenvalue weighted by molar-refractivity contribution is 7.99. The molecule has 6 nitrogen and oxygen atoms in total. The number of thioether (sulfide) groups is 1. The average molecular weight is 424 g/mol. The molecule has 0 aliphatic carbocycles. The molecule has 0 unspecified atom stereocenters. The van der Waals surface area contributed by atoms with E-state index in [0.29, 0.717) is 27.5 Å². The number of methoxy groups -OCH3 is 1. The van der Waals surface area contributed by atoms with Crippen LogP contribution in [0.5, 0.6) is 5.75 Å². The van der Waals surface area contributed by atoms with Crippen molar-refractivity contribution in [3.05, 3.63) is 58.9 Å². The van der Waals surface area contributed by atoms with Gasteiger partial charge in [-0.05, 0) is 62.6 Å². The van der Waals surface area contributed by atoms with Crippen LogP contribution in [0, 0.1) is 0 Å². The molecule has 1 saturated heterocycles. The van der Waals surface area contributed by atoms with Gasteiger partial charge in [0.2, 0.25) is 5.91 Å². The molecule has 0 N–H and O–H groups in total. The van der Waals surface area contributed by atoms with Gasteiger partial charge in [0.05, 0.1) is 29.5 Å². The minimum atomic E-state index is -0.146. The van der Waals surface area contributed by atoms with Crippen LogP contribution >= 0.6 is 11.8 Å². The normalized spacial score (nSPS) is 16.6. The molecular formula is C23H25N3O3S. The van der Waals surface area contributed by atoms with Gasteiger partial charge in [0, 0.05) is 12.6 Å². The van der Waals surface area contributed by atoms with Crippen LogP contribution in [0.15, 0.2) is 58.5 Å². The molecule has 1 aliphatic rings. The zero-order valence-electron chi connectivity index (χ0n) is 17.2. The topological polar surface area (TPSA) is 64.4 Å². The number of amides is 1. The molecule has 1 fully saturated rings. The SMILES string of the molecule is COc1ccc(-n2c(SCC(=O)N3CCCC[C@@H]3C)nc3ccccc3c2=O)cc1. The van der Waals surface area contributed by atoms with Gasteiger partial charge in [-0.1, -0.05) is 23.9 Å².